The lowest BCUT2D eigenvalue weighted by Crippen LogP contribution is -2.27. The molecular weight excluding hydrogens is 264 g/mol. The summed E-state index contributed by atoms with van der Waals surface area (Å²) in [5.41, 5.74) is 1.12. The molecule has 0 atom stereocenters. The fourth-order valence-corrected chi connectivity index (χ4v) is 1.68. The van der Waals surface area contributed by atoms with Crippen molar-refractivity contribution in [3.8, 4) is 0 Å². The van der Waals surface area contributed by atoms with Crippen LogP contribution in [0.3, 0.4) is 0 Å². The quantitative estimate of drug-likeness (QED) is 0.865. The van der Waals surface area contributed by atoms with Crippen molar-refractivity contribution in [1.82, 2.24) is 14.9 Å². The maximum atomic E-state index is 13.5. The molecule has 20 heavy (non-hydrogen) atoms. The second-order valence-corrected chi connectivity index (χ2v) is 4.44. The first-order valence-corrected chi connectivity index (χ1v) is 5.95. The predicted octanol–water partition coefficient (Wildman–Crippen LogP) is 2.34. The van der Waals surface area contributed by atoms with E-state index in [9.17, 15) is 13.6 Å². The molecule has 0 aliphatic heterocycles. The molecular formula is C14H13F2N3O. The van der Waals surface area contributed by atoms with Gasteiger partial charge in [0.1, 0.15) is 17.3 Å². The summed E-state index contributed by atoms with van der Waals surface area (Å²) in [5, 5.41) is 0. The maximum absolute atomic E-state index is 13.5. The van der Waals surface area contributed by atoms with E-state index in [4.69, 9.17) is 0 Å². The molecule has 0 aliphatic rings. The molecule has 0 aliphatic carbocycles. The molecule has 1 aromatic carbocycles. The molecule has 2 rings (SSSR count). The monoisotopic (exact) mass is 277 g/mol. The molecule has 0 spiro atoms. The Morgan fingerprint density at radius 1 is 1.25 bits per heavy atom. The van der Waals surface area contributed by atoms with E-state index in [1.165, 1.54) is 30.4 Å². The van der Waals surface area contributed by atoms with Crippen molar-refractivity contribution in [2.45, 2.75) is 13.5 Å². The fourth-order valence-electron chi connectivity index (χ4n) is 1.68. The number of aromatic nitrogens is 2. The first-order valence-electron chi connectivity index (χ1n) is 5.95. The van der Waals surface area contributed by atoms with Crippen LogP contribution in [0.4, 0.5) is 8.78 Å². The Hall–Kier alpha value is -2.37. The van der Waals surface area contributed by atoms with Gasteiger partial charge < -0.3 is 4.90 Å². The van der Waals surface area contributed by atoms with Gasteiger partial charge in [-0.2, -0.15) is 0 Å². The van der Waals surface area contributed by atoms with Crippen molar-refractivity contribution in [2.75, 3.05) is 7.05 Å². The SMILES string of the molecule is Cc1cnc(C(=O)N(C)Cc2ccc(F)cc2F)cn1. The standard InChI is InChI=1S/C14H13F2N3O/c1-9-6-18-13(7-17-9)14(20)19(2)8-10-3-4-11(15)5-12(10)16/h3-7H,8H2,1-2H3. The van der Waals surface area contributed by atoms with Crippen LogP contribution in [0, 0.1) is 18.6 Å². The number of halogens is 2. The minimum absolute atomic E-state index is 0.0283. The third-order valence-corrected chi connectivity index (χ3v) is 2.77. The van der Waals surface area contributed by atoms with Crippen molar-refractivity contribution in [1.29, 1.82) is 0 Å². The molecule has 104 valence electrons. The van der Waals surface area contributed by atoms with E-state index >= 15 is 0 Å². The summed E-state index contributed by atoms with van der Waals surface area (Å²) in [6.45, 7) is 1.79. The summed E-state index contributed by atoms with van der Waals surface area (Å²) in [6, 6.07) is 3.26. The number of benzene rings is 1. The third-order valence-electron chi connectivity index (χ3n) is 2.77. The number of carbonyl (C=O) groups excluding carboxylic acids is 1. The Kier molecular flexibility index (Phi) is 4.02. The average Bonchev–Trinajstić information content (AvgIpc) is 2.42. The van der Waals surface area contributed by atoms with Crippen molar-refractivity contribution in [3.63, 3.8) is 0 Å². The van der Waals surface area contributed by atoms with E-state index in [-0.39, 0.29) is 23.7 Å². The van der Waals surface area contributed by atoms with Crippen LogP contribution >= 0.6 is 0 Å². The maximum Gasteiger partial charge on any atom is 0.274 e. The van der Waals surface area contributed by atoms with E-state index in [0.717, 1.165) is 12.1 Å². The van der Waals surface area contributed by atoms with Gasteiger partial charge in [-0.1, -0.05) is 6.07 Å². The normalized spacial score (nSPS) is 10.4. The van der Waals surface area contributed by atoms with Gasteiger partial charge in [-0.25, -0.2) is 13.8 Å². The van der Waals surface area contributed by atoms with Crippen LogP contribution in [0.2, 0.25) is 0 Å². The fraction of sp³-hybridized carbons (Fsp3) is 0.214. The van der Waals surface area contributed by atoms with E-state index in [2.05, 4.69) is 9.97 Å². The van der Waals surface area contributed by atoms with Gasteiger partial charge in [0.25, 0.3) is 5.91 Å². The predicted molar refractivity (Wildman–Crippen MR) is 68.9 cm³/mol. The lowest BCUT2D eigenvalue weighted by Gasteiger charge is -2.17. The molecule has 0 N–H and O–H groups in total. The Morgan fingerprint density at radius 2 is 2.00 bits per heavy atom. The van der Waals surface area contributed by atoms with Gasteiger partial charge in [0, 0.05) is 31.4 Å². The van der Waals surface area contributed by atoms with Gasteiger partial charge in [-0.05, 0) is 13.0 Å². The molecule has 0 saturated heterocycles. The summed E-state index contributed by atoms with van der Waals surface area (Å²) >= 11 is 0. The molecule has 1 heterocycles. The molecule has 0 saturated carbocycles. The average molecular weight is 277 g/mol. The molecule has 6 heteroatoms. The number of amides is 1. The third kappa shape index (κ3) is 3.14. The van der Waals surface area contributed by atoms with Crippen LogP contribution < -0.4 is 0 Å². The zero-order valence-corrected chi connectivity index (χ0v) is 11.1. The van der Waals surface area contributed by atoms with Gasteiger partial charge in [0.15, 0.2) is 0 Å². The smallest absolute Gasteiger partial charge is 0.274 e. The molecule has 1 aromatic heterocycles. The number of hydrogen-bond acceptors (Lipinski definition) is 3. The number of hydrogen-bond donors (Lipinski definition) is 0. The summed E-state index contributed by atoms with van der Waals surface area (Å²) in [5.74, 6) is -1.70. The van der Waals surface area contributed by atoms with E-state index in [1.54, 1.807) is 6.92 Å². The highest BCUT2D eigenvalue weighted by Gasteiger charge is 2.15. The van der Waals surface area contributed by atoms with E-state index in [1.807, 2.05) is 0 Å². The Morgan fingerprint density at radius 3 is 2.60 bits per heavy atom. The number of nitrogens with zero attached hydrogens (tertiary/aromatic N) is 3. The second-order valence-electron chi connectivity index (χ2n) is 4.44. The van der Waals surface area contributed by atoms with Crippen LogP contribution in [-0.2, 0) is 6.54 Å². The molecule has 0 radical (unpaired) electrons. The second kappa shape index (κ2) is 5.73. The van der Waals surface area contributed by atoms with Crippen molar-refractivity contribution in [2.24, 2.45) is 0 Å². The molecule has 4 nitrogen and oxygen atoms in total. The number of aryl methyl sites for hydroxylation is 1. The van der Waals surface area contributed by atoms with Crippen LogP contribution in [0.5, 0.6) is 0 Å². The van der Waals surface area contributed by atoms with Crippen molar-refractivity contribution < 1.29 is 13.6 Å². The Labute approximate surface area is 115 Å². The first kappa shape index (κ1) is 14.0. The summed E-state index contributed by atoms with van der Waals surface area (Å²) in [6.07, 6.45) is 2.86. The zero-order chi connectivity index (χ0) is 14.7. The van der Waals surface area contributed by atoms with Gasteiger partial charge in [0.2, 0.25) is 0 Å². The molecule has 2 aromatic rings. The summed E-state index contributed by atoms with van der Waals surface area (Å²) in [4.78, 5) is 21.3. The highest BCUT2D eigenvalue weighted by Crippen LogP contribution is 2.12. The van der Waals surface area contributed by atoms with Gasteiger partial charge in [-0.15, -0.1) is 0 Å². The molecule has 1 amide bonds. The Bertz CT molecular complexity index is 629. The van der Waals surface area contributed by atoms with E-state index < -0.39 is 11.6 Å². The molecule has 0 fully saturated rings. The number of rotatable bonds is 3. The van der Waals surface area contributed by atoms with Crippen LogP contribution in [-0.4, -0.2) is 27.8 Å². The van der Waals surface area contributed by atoms with Crippen LogP contribution in [0.25, 0.3) is 0 Å². The highest BCUT2D eigenvalue weighted by molar-refractivity contribution is 5.91. The van der Waals surface area contributed by atoms with Gasteiger partial charge in [-0.3, -0.25) is 9.78 Å². The summed E-state index contributed by atoms with van der Waals surface area (Å²) in [7, 11) is 1.52. The summed E-state index contributed by atoms with van der Waals surface area (Å²) < 4.78 is 26.3. The topological polar surface area (TPSA) is 46.1 Å². The lowest BCUT2D eigenvalue weighted by atomic mass is 10.2. The molecule has 0 unspecified atom stereocenters. The van der Waals surface area contributed by atoms with Crippen LogP contribution in [0.15, 0.2) is 30.6 Å². The molecule has 0 bridgehead atoms. The minimum atomic E-state index is -0.681. The van der Waals surface area contributed by atoms with Crippen molar-refractivity contribution >= 4 is 5.91 Å². The Balaban J connectivity index is 2.13. The first-order chi connectivity index (χ1) is 9.47. The number of carbonyl (C=O) groups is 1. The van der Waals surface area contributed by atoms with E-state index in [0.29, 0.717) is 5.69 Å². The highest BCUT2D eigenvalue weighted by atomic mass is 19.1. The minimum Gasteiger partial charge on any atom is -0.336 e. The zero-order valence-electron chi connectivity index (χ0n) is 11.1. The largest absolute Gasteiger partial charge is 0.336 e. The van der Waals surface area contributed by atoms with Gasteiger partial charge >= 0.3 is 0 Å². The lowest BCUT2D eigenvalue weighted by molar-refractivity contribution is 0.0777. The van der Waals surface area contributed by atoms with Gasteiger partial charge in [0.05, 0.1) is 11.9 Å². The van der Waals surface area contributed by atoms with Crippen molar-refractivity contribution in [3.05, 3.63) is 59.2 Å². The van der Waals surface area contributed by atoms with Crippen LogP contribution in [0.1, 0.15) is 21.7 Å².